The zero-order chi connectivity index (χ0) is 11.0. The van der Waals surface area contributed by atoms with E-state index in [2.05, 4.69) is 0 Å². The van der Waals surface area contributed by atoms with Gasteiger partial charge in [-0.15, -0.1) is 0 Å². The van der Waals surface area contributed by atoms with Crippen LogP contribution < -0.4 is 0 Å². The second-order valence-electron chi connectivity index (χ2n) is 5.27. The van der Waals surface area contributed by atoms with Gasteiger partial charge in [0.2, 0.25) is 8.41 Å². The number of halogens is 2. The molecular weight excluding hydrogens is 214 g/mol. The summed E-state index contributed by atoms with van der Waals surface area (Å²) in [5, 5.41) is 1.01. The van der Waals surface area contributed by atoms with E-state index in [1.807, 2.05) is 0 Å². The Hall–Kier alpha value is 0.0338. The molecule has 0 aromatic heterocycles. The average molecular weight is 234 g/mol. The summed E-state index contributed by atoms with van der Waals surface area (Å²) in [6, 6.07) is 0.589. The minimum absolute atomic E-state index is 0.589. The Balaban J connectivity index is 2.61. The van der Waals surface area contributed by atoms with Crippen molar-refractivity contribution in [1.29, 1.82) is 0 Å². The molecule has 1 aliphatic rings. The molecular formula is C10H20F2Si2. The summed E-state index contributed by atoms with van der Waals surface area (Å²) < 4.78 is 27.3. The fourth-order valence-corrected chi connectivity index (χ4v) is 4.59. The lowest BCUT2D eigenvalue weighted by atomic mass is 10.4. The summed E-state index contributed by atoms with van der Waals surface area (Å²) in [6.45, 7) is 6.85. The molecule has 1 aliphatic carbocycles. The lowest BCUT2D eigenvalue weighted by molar-refractivity contribution is 0.770. The number of rotatable bonds is 4. The molecule has 0 aromatic carbocycles. The van der Waals surface area contributed by atoms with Crippen molar-refractivity contribution in [1.82, 2.24) is 0 Å². The Morgan fingerprint density at radius 3 is 1.93 bits per heavy atom. The van der Waals surface area contributed by atoms with Crippen molar-refractivity contribution in [3.05, 3.63) is 10.8 Å². The molecule has 0 unspecified atom stereocenters. The van der Waals surface area contributed by atoms with E-state index in [1.165, 1.54) is 5.57 Å². The predicted octanol–water partition coefficient (Wildman–Crippen LogP) is 4.36. The van der Waals surface area contributed by atoms with E-state index in [1.54, 1.807) is 26.2 Å². The standard InChI is InChI=1S/C10H20F2Si2/c1-13(2,11)8-7-10(9-5-6-9)14(3,4)12/h5-8H2,1-4H3. The van der Waals surface area contributed by atoms with E-state index in [-0.39, 0.29) is 0 Å². The highest BCUT2D eigenvalue weighted by Gasteiger charge is 2.34. The lowest BCUT2D eigenvalue weighted by Crippen LogP contribution is -2.26. The van der Waals surface area contributed by atoms with Gasteiger partial charge in [0.25, 0.3) is 8.41 Å². The number of hydrogen-bond acceptors (Lipinski definition) is 0. The third kappa shape index (κ3) is 4.04. The van der Waals surface area contributed by atoms with Gasteiger partial charge in [-0.3, -0.25) is 0 Å². The number of hydrogen-bond donors (Lipinski definition) is 0. The van der Waals surface area contributed by atoms with Crippen LogP contribution in [0.2, 0.25) is 32.2 Å². The van der Waals surface area contributed by atoms with Crippen molar-refractivity contribution in [3.63, 3.8) is 0 Å². The number of allylic oxidation sites excluding steroid dienone is 2. The zero-order valence-corrected chi connectivity index (χ0v) is 11.6. The van der Waals surface area contributed by atoms with E-state index >= 15 is 0 Å². The molecule has 1 saturated carbocycles. The van der Waals surface area contributed by atoms with Crippen LogP contribution in [0, 0.1) is 0 Å². The molecule has 4 heteroatoms. The van der Waals surface area contributed by atoms with Crippen LogP contribution in [0.5, 0.6) is 0 Å². The largest absolute Gasteiger partial charge is 0.314 e. The highest BCUT2D eigenvalue weighted by atomic mass is 28.4. The topological polar surface area (TPSA) is 0 Å². The van der Waals surface area contributed by atoms with Gasteiger partial charge in [-0.25, -0.2) is 0 Å². The third-order valence-corrected chi connectivity index (χ3v) is 6.09. The second kappa shape index (κ2) is 3.89. The van der Waals surface area contributed by atoms with Crippen LogP contribution in [0.25, 0.3) is 0 Å². The van der Waals surface area contributed by atoms with E-state index < -0.39 is 16.8 Å². The van der Waals surface area contributed by atoms with Crippen LogP contribution in [0.15, 0.2) is 10.8 Å². The van der Waals surface area contributed by atoms with Crippen LogP contribution in [-0.2, 0) is 0 Å². The van der Waals surface area contributed by atoms with E-state index in [0.29, 0.717) is 12.5 Å². The minimum Gasteiger partial charge on any atom is -0.314 e. The highest BCUT2D eigenvalue weighted by molar-refractivity contribution is 6.78. The van der Waals surface area contributed by atoms with Gasteiger partial charge in [0.05, 0.1) is 0 Å². The lowest BCUT2D eigenvalue weighted by Gasteiger charge is -2.19. The van der Waals surface area contributed by atoms with Crippen molar-refractivity contribution in [2.45, 2.75) is 51.5 Å². The summed E-state index contributed by atoms with van der Waals surface area (Å²) in [5.74, 6) is 0. The first-order chi connectivity index (χ1) is 6.20. The van der Waals surface area contributed by atoms with Crippen LogP contribution in [-0.4, -0.2) is 16.8 Å². The SMILES string of the molecule is C[Si](C)(F)CCC(=C1CC1)[Si](C)(C)F. The summed E-state index contributed by atoms with van der Waals surface area (Å²) >= 11 is 0. The normalized spacial score (nSPS) is 17.1. The minimum atomic E-state index is -2.65. The average Bonchev–Trinajstić information content (AvgIpc) is 2.64. The monoisotopic (exact) mass is 234 g/mol. The molecule has 82 valence electrons. The van der Waals surface area contributed by atoms with E-state index in [9.17, 15) is 8.22 Å². The van der Waals surface area contributed by atoms with E-state index in [0.717, 1.165) is 18.0 Å². The Morgan fingerprint density at radius 2 is 1.64 bits per heavy atom. The van der Waals surface area contributed by atoms with Crippen LogP contribution in [0.1, 0.15) is 19.3 Å². The van der Waals surface area contributed by atoms with Crippen molar-refractivity contribution in [2.75, 3.05) is 0 Å². The predicted molar refractivity (Wildman–Crippen MR) is 62.9 cm³/mol. The molecule has 0 bridgehead atoms. The molecule has 0 atom stereocenters. The molecule has 0 radical (unpaired) electrons. The van der Waals surface area contributed by atoms with Crippen molar-refractivity contribution in [2.24, 2.45) is 0 Å². The first kappa shape index (κ1) is 12.1. The smallest absolute Gasteiger partial charge is 0.267 e. The third-order valence-electron chi connectivity index (χ3n) is 2.61. The van der Waals surface area contributed by atoms with Gasteiger partial charge in [-0.05, 0) is 51.5 Å². The summed E-state index contributed by atoms with van der Waals surface area (Å²) in [5.41, 5.74) is 1.29. The maximum atomic E-state index is 13.9. The molecule has 0 aromatic rings. The molecule has 0 heterocycles. The maximum absolute atomic E-state index is 13.9. The molecule has 0 spiro atoms. The Morgan fingerprint density at radius 1 is 1.14 bits per heavy atom. The Labute approximate surface area is 87.8 Å². The molecule has 1 fully saturated rings. The Kier molecular flexibility index (Phi) is 3.36. The van der Waals surface area contributed by atoms with Crippen LogP contribution >= 0.6 is 0 Å². The van der Waals surface area contributed by atoms with Gasteiger partial charge >= 0.3 is 0 Å². The quantitative estimate of drug-likeness (QED) is 0.501. The molecule has 14 heavy (non-hydrogen) atoms. The summed E-state index contributed by atoms with van der Waals surface area (Å²) in [4.78, 5) is 0. The molecule has 0 nitrogen and oxygen atoms in total. The van der Waals surface area contributed by atoms with Gasteiger partial charge in [0.15, 0.2) is 0 Å². The summed E-state index contributed by atoms with van der Waals surface area (Å²) in [7, 11) is -5.15. The maximum Gasteiger partial charge on any atom is 0.267 e. The summed E-state index contributed by atoms with van der Waals surface area (Å²) in [6.07, 6.45) is 2.80. The van der Waals surface area contributed by atoms with Gasteiger partial charge < -0.3 is 8.22 Å². The van der Waals surface area contributed by atoms with Gasteiger partial charge in [0, 0.05) is 0 Å². The fraction of sp³-hybridized carbons (Fsp3) is 0.800. The Bertz CT molecular complexity index is 240. The van der Waals surface area contributed by atoms with Gasteiger partial charge in [-0.2, -0.15) is 0 Å². The van der Waals surface area contributed by atoms with Crippen LogP contribution in [0.3, 0.4) is 0 Å². The van der Waals surface area contributed by atoms with Crippen molar-refractivity contribution < 1.29 is 8.22 Å². The molecule has 1 rings (SSSR count). The van der Waals surface area contributed by atoms with Crippen molar-refractivity contribution in [3.8, 4) is 0 Å². The fourth-order valence-electron chi connectivity index (χ4n) is 1.68. The van der Waals surface area contributed by atoms with Crippen LogP contribution in [0.4, 0.5) is 8.22 Å². The van der Waals surface area contributed by atoms with Gasteiger partial charge in [0.1, 0.15) is 0 Å². The zero-order valence-electron chi connectivity index (χ0n) is 9.58. The molecule has 0 saturated heterocycles. The molecule has 0 aliphatic heterocycles. The first-order valence-electron chi connectivity index (χ1n) is 5.29. The van der Waals surface area contributed by atoms with Crippen molar-refractivity contribution >= 4 is 16.8 Å². The molecule has 0 amide bonds. The molecule has 0 N–H and O–H groups in total. The highest BCUT2D eigenvalue weighted by Crippen LogP contribution is 2.39. The second-order valence-corrected chi connectivity index (χ2v) is 12.8. The first-order valence-corrected chi connectivity index (χ1v) is 11.3. The van der Waals surface area contributed by atoms with E-state index in [4.69, 9.17) is 0 Å². The van der Waals surface area contributed by atoms with Gasteiger partial charge in [-0.1, -0.05) is 10.8 Å².